The first-order chi connectivity index (χ1) is 7.04. The maximum atomic E-state index is 10.7. The molecule has 1 rings (SSSR count). The number of aliphatic hydroxyl groups is 2. The molecule has 82 valence electrons. The van der Waals surface area contributed by atoms with Gasteiger partial charge in [0.05, 0.1) is 6.61 Å². The summed E-state index contributed by atoms with van der Waals surface area (Å²) in [5.41, 5.74) is 0.367. The molecule has 0 fully saturated rings. The molecule has 0 bridgehead atoms. The van der Waals surface area contributed by atoms with Gasteiger partial charge in [-0.25, -0.2) is 0 Å². The molecule has 0 saturated heterocycles. The predicted octanol–water partition coefficient (Wildman–Crippen LogP) is 0.343. The number of ether oxygens (including phenoxy) is 1. The molecule has 5 heteroatoms. The highest BCUT2D eigenvalue weighted by molar-refractivity contribution is 5.70. The van der Waals surface area contributed by atoms with Crippen LogP contribution in [-0.2, 0) is 4.79 Å². The lowest BCUT2D eigenvalue weighted by atomic mass is 10.1. The van der Waals surface area contributed by atoms with E-state index in [1.54, 1.807) is 0 Å². The van der Waals surface area contributed by atoms with E-state index in [2.05, 4.69) is 0 Å². The second-order valence-corrected chi connectivity index (χ2v) is 3.02. The second-order valence-electron chi connectivity index (χ2n) is 3.02. The first-order valence-corrected chi connectivity index (χ1v) is 4.35. The van der Waals surface area contributed by atoms with Crippen molar-refractivity contribution in [1.82, 2.24) is 0 Å². The summed E-state index contributed by atoms with van der Waals surface area (Å²) >= 11 is 0. The Kier molecular flexibility index (Phi) is 3.65. The minimum atomic E-state index is -1.06. The minimum absolute atomic E-state index is 0.0347. The van der Waals surface area contributed by atoms with Gasteiger partial charge in [0.25, 0.3) is 0 Å². The van der Waals surface area contributed by atoms with E-state index in [1.807, 2.05) is 0 Å². The molecule has 0 aromatic heterocycles. The van der Waals surface area contributed by atoms with Crippen molar-refractivity contribution in [2.45, 2.75) is 13.0 Å². The fourth-order valence-corrected chi connectivity index (χ4v) is 1.08. The van der Waals surface area contributed by atoms with Crippen molar-refractivity contribution in [3.05, 3.63) is 23.8 Å². The Hall–Kier alpha value is -1.59. The van der Waals surface area contributed by atoms with E-state index in [0.29, 0.717) is 5.56 Å². The molecular weight excluding hydrogens is 200 g/mol. The summed E-state index contributed by atoms with van der Waals surface area (Å²) in [7, 11) is 0. The summed E-state index contributed by atoms with van der Waals surface area (Å²) < 4.78 is 4.70. The molecular formula is C10H12O5. The number of esters is 1. The Bertz CT molecular complexity index is 361. The van der Waals surface area contributed by atoms with E-state index in [1.165, 1.54) is 25.1 Å². The second kappa shape index (κ2) is 4.77. The highest BCUT2D eigenvalue weighted by Crippen LogP contribution is 2.29. The molecule has 5 nitrogen and oxygen atoms in total. The van der Waals surface area contributed by atoms with Crippen molar-refractivity contribution in [3.63, 3.8) is 0 Å². The molecule has 15 heavy (non-hydrogen) atoms. The van der Waals surface area contributed by atoms with Crippen molar-refractivity contribution in [1.29, 1.82) is 0 Å². The summed E-state index contributed by atoms with van der Waals surface area (Å²) in [6.07, 6.45) is -1.06. The topological polar surface area (TPSA) is 87.0 Å². The Morgan fingerprint density at radius 1 is 1.53 bits per heavy atom. The van der Waals surface area contributed by atoms with Crippen LogP contribution in [-0.4, -0.2) is 27.9 Å². The van der Waals surface area contributed by atoms with Crippen LogP contribution in [0.15, 0.2) is 18.2 Å². The third-order valence-electron chi connectivity index (χ3n) is 1.80. The lowest BCUT2D eigenvalue weighted by molar-refractivity contribution is -0.132. The van der Waals surface area contributed by atoms with E-state index in [0.717, 1.165) is 0 Å². The number of phenols is 1. The van der Waals surface area contributed by atoms with Crippen LogP contribution in [0.25, 0.3) is 0 Å². The lowest BCUT2D eigenvalue weighted by Crippen LogP contribution is -2.05. The standard InChI is InChI=1S/C10H12O5/c1-6(12)15-10-4-7(9(14)5-11)2-3-8(10)13/h2-4,9,11,13-14H,5H2,1H3. The monoisotopic (exact) mass is 212 g/mol. The Morgan fingerprint density at radius 2 is 2.20 bits per heavy atom. The normalized spacial score (nSPS) is 12.2. The number of aromatic hydroxyl groups is 1. The summed E-state index contributed by atoms with van der Waals surface area (Å²) in [6, 6.07) is 4.02. The van der Waals surface area contributed by atoms with Crippen LogP contribution < -0.4 is 4.74 Å². The molecule has 0 aliphatic carbocycles. The smallest absolute Gasteiger partial charge is 0.308 e. The van der Waals surface area contributed by atoms with Gasteiger partial charge in [0.1, 0.15) is 6.10 Å². The maximum absolute atomic E-state index is 10.7. The maximum Gasteiger partial charge on any atom is 0.308 e. The number of hydrogen-bond acceptors (Lipinski definition) is 5. The highest BCUT2D eigenvalue weighted by atomic mass is 16.5. The van der Waals surface area contributed by atoms with E-state index in [9.17, 15) is 15.0 Å². The molecule has 1 aromatic carbocycles. The van der Waals surface area contributed by atoms with Crippen molar-refractivity contribution in [2.24, 2.45) is 0 Å². The summed E-state index contributed by atoms with van der Waals surface area (Å²) in [5, 5.41) is 27.3. The van der Waals surface area contributed by atoms with Gasteiger partial charge in [0.2, 0.25) is 0 Å². The van der Waals surface area contributed by atoms with E-state index >= 15 is 0 Å². The van der Waals surface area contributed by atoms with Gasteiger partial charge in [0.15, 0.2) is 11.5 Å². The number of carbonyl (C=O) groups is 1. The molecule has 1 aromatic rings. The molecule has 0 aliphatic rings. The predicted molar refractivity (Wildman–Crippen MR) is 51.5 cm³/mol. The zero-order valence-corrected chi connectivity index (χ0v) is 8.17. The van der Waals surface area contributed by atoms with Crippen molar-refractivity contribution < 1.29 is 24.9 Å². The van der Waals surface area contributed by atoms with Gasteiger partial charge in [-0.1, -0.05) is 6.07 Å². The van der Waals surface area contributed by atoms with Crippen LogP contribution in [0, 0.1) is 0 Å². The molecule has 0 radical (unpaired) electrons. The molecule has 0 heterocycles. The zero-order chi connectivity index (χ0) is 11.4. The molecule has 0 saturated carbocycles. The molecule has 0 spiro atoms. The molecule has 0 amide bonds. The third-order valence-corrected chi connectivity index (χ3v) is 1.80. The van der Waals surface area contributed by atoms with Gasteiger partial charge in [-0.05, 0) is 17.7 Å². The van der Waals surface area contributed by atoms with Crippen LogP contribution in [0.5, 0.6) is 11.5 Å². The van der Waals surface area contributed by atoms with Crippen molar-refractivity contribution in [2.75, 3.05) is 6.61 Å². The van der Waals surface area contributed by atoms with Gasteiger partial charge in [0, 0.05) is 6.92 Å². The summed E-state index contributed by atoms with van der Waals surface area (Å²) in [4.78, 5) is 10.7. The Labute approximate surface area is 86.5 Å². The van der Waals surface area contributed by atoms with Crippen LogP contribution >= 0.6 is 0 Å². The third kappa shape index (κ3) is 2.93. The Morgan fingerprint density at radius 3 is 2.73 bits per heavy atom. The van der Waals surface area contributed by atoms with Gasteiger partial charge < -0.3 is 20.1 Å². The van der Waals surface area contributed by atoms with E-state index in [-0.39, 0.29) is 11.5 Å². The minimum Gasteiger partial charge on any atom is -0.504 e. The largest absolute Gasteiger partial charge is 0.504 e. The van der Waals surface area contributed by atoms with Gasteiger partial charge >= 0.3 is 5.97 Å². The van der Waals surface area contributed by atoms with E-state index < -0.39 is 18.7 Å². The van der Waals surface area contributed by atoms with E-state index in [4.69, 9.17) is 9.84 Å². The Balaban J connectivity index is 2.99. The number of phenolic OH excluding ortho intramolecular Hbond substituents is 1. The zero-order valence-electron chi connectivity index (χ0n) is 8.17. The summed E-state index contributed by atoms with van der Waals surface area (Å²) in [6.45, 7) is 0.763. The SMILES string of the molecule is CC(=O)Oc1cc(C(O)CO)ccc1O. The number of hydrogen-bond donors (Lipinski definition) is 3. The lowest BCUT2D eigenvalue weighted by Gasteiger charge is -2.10. The molecule has 1 atom stereocenters. The fraction of sp³-hybridized carbons (Fsp3) is 0.300. The van der Waals surface area contributed by atoms with Crippen LogP contribution in [0.1, 0.15) is 18.6 Å². The summed E-state index contributed by atoms with van der Waals surface area (Å²) in [5.74, 6) is -0.799. The number of benzene rings is 1. The number of rotatable bonds is 3. The van der Waals surface area contributed by atoms with Crippen LogP contribution in [0.2, 0.25) is 0 Å². The van der Waals surface area contributed by atoms with Gasteiger partial charge in [-0.3, -0.25) is 4.79 Å². The molecule has 0 aliphatic heterocycles. The van der Waals surface area contributed by atoms with Crippen molar-refractivity contribution in [3.8, 4) is 11.5 Å². The van der Waals surface area contributed by atoms with Gasteiger partial charge in [-0.2, -0.15) is 0 Å². The fourth-order valence-electron chi connectivity index (χ4n) is 1.08. The molecule has 1 unspecified atom stereocenters. The van der Waals surface area contributed by atoms with Crippen LogP contribution in [0.4, 0.5) is 0 Å². The average molecular weight is 212 g/mol. The number of carbonyl (C=O) groups excluding carboxylic acids is 1. The highest BCUT2D eigenvalue weighted by Gasteiger charge is 2.11. The first-order valence-electron chi connectivity index (χ1n) is 4.35. The van der Waals surface area contributed by atoms with Crippen LogP contribution in [0.3, 0.4) is 0 Å². The average Bonchev–Trinajstić information content (AvgIpc) is 2.19. The molecule has 3 N–H and O–H groups in total. The van der Waals surface area contributed by atoms with Gasteiger partial charge in [-0.15, -0.1) is 0 Å². The van der Waals surface area contributed by atoms with Crippen molar-refractivity contribution >= 4 is 5.97 Å². The quantitative estimate of drug-likeness (QED) is 0.497. The first kappa shape index (κ1) is 11.5. The number of aliphatic hydroxyl groups excluding tert-OH is 2.